The molecule has 0 N–H and O–H groups in total. The van der Waals surface area contributed by atoms with E-state index in [4.69, 9.17) is 11.6 Å². The molecule has 4 nitrogen and oxygen atoms in total. The quantitative estimate of drug-likeness (QED) is 0.535. The molecule has 0 radical (unpaired) electrons. The first-order chi connectivity index (χ1) is 13.7. The molecular weight excluding hydrogens is 390 g/mol. The number of halogens is 1. The van der Waals surface area contributed by atoms with Crippen LogP contribution in [0.25, 0.3) is 16.9 Å². The summed E-state index contributed by atoms with van der Waals surface area (Å²) in [4.78, 5) is 19.2. The third kappa shape index (κ3) is 4.26. The van der Waals surface area contributed by atoms with Crippen molar-refractivity contribution in [2.45, 2.75) is 24.4 Å². The number of imidazole rings is 1. The minimum absolute atomic E-state index is 0.187. The number of amides is 1. The second-order valence-electron chi connectivity index (χ2n) is 6.84. The molecule has 1 aliphatic heterocycles. The SMILES string of the molecule is O=C(CSc1ncc(-c2ccccc2)n1-c1cccc(Cl)c1)N1CCCCC1. The number of likely N-dealkylation sites (tertiary alicyclic amines) is 1. The van der Waals surface area contributed by atoms with Gasteiger partial charge in [-0.2, -0.15) is 0 Å². The average Bonchev–Trinajstić information content (AvgIpc) is 3.17. The average molecular weight is 412 g/mol. The topological polar surface area (TPSA) is 38.1 Å². The van der Waals surface area contributed by atoms with Crippen molar-refractivity contribution < 1.29 is 4.79 Å². The van der Waals surface area contributed by atoms with E-state index in [1.165, 1.54) is 18.2 Å². The Morgan fingerprint density at radius 3 is 2.57 bits per heavy atom. The van der Waals surface area contributed by atoms with Crippen molar-refractivity contribution in [3.8, 4) is 16.9 Å². The molecule has 1 amide bonds. The van der Waals surface area contributed by atoms with E-state index in [-0.39, 0.29) is 5.91 Å². The maximum atomic E-state index is 12.6. The van der Waals surface area contributed by atoms with E-state index < -0.39 is 0 Å². The van der Waals surface area contributed by atoms with Crippen LogP contribution in [0.1, 0.15) is 19.3 Å². The summed E-state index contributed by atoms with van der Waals surface area (Å²) in [7, 11) is 0. The van der Waals surface area contributed by atoms with Gasteiger partial charge in [0.1, 0.15) is 0 Å². The number of piperidine rings is 1. The van der Waals surface area contributed by atoms with E-state index in [9.17, 15) is 4.79 Å². The first-order valence-electron chi connectivity index (χ1n) is 9.52. The van der Waals surface area contributed by atoms with Gasteiger partial charge < -0.3 is 4.90 Å². The van der Waals surface area contributed by atoms with Gasteiger partial charge in [-0.15, -0.1) is 0 Å². The number of carbonyl (C=O) groups excluding carboxylic acids is 1. The van der Waals surface area contributed by atoms with Gasteiger partial charge in [0.25, 0.3) is 0 Å². The molecule has 2 aromatic carbocycles. The van der Waals surface area contributed by atoms with E-state index in [2.05, 4.69) is 21.7 Å². The molecule has 0 atom stereocenters. The fraction of sp³-hybridized carbons (Fsp3) is 0.273. The Balaban J connectivity index is 1.63. The van der Waals surface area contributed by atoms with Crippen LogP contribution in [0.15, 0.2) is 66.0 Å². The molecule has 1 saturated heterocycles. The van der Waals surface area contributed by atoms with Crippen LogP contribution < -0.4 is 0 Å². The lowest BCUT2D eigenvalue weighted by molar-refractivity contribution is -0.129. The molecule has 1 fully saturated rings. The molecular formula is C22H22ClN3OS. The summed E-state index contributed by atoms with van der Waals surface area (Å²) < 4.78 is 2.08. The van der Waals surface area contributed by atoms with Crippen molar-refractivity contribution in [1.29, 1.82) is 0 Å². The zero-order chi connectivity index (χ0) is 19.3. The van der Waals surface area contributed by atoms with Gasteiger partial charge in [-0.1, -0.05) is 59.8 Å². The molecule has 2 heterocycles. The molecule has 0 saturated carbocycles. The highest BCUT2D eigenvalue weighted by atomic mass is 35.5. The van der Waals surface area contributed by atoms with Crippen molar-refractivity contribution in [1.82, 2.24) is 14.5 Å². The Bertz CT molecular complexity index is 951. The molecule has 0 unspecified atom stereocenters. The summed E-state index contributed by atoms with van der Waals surface area (Å²) >= 11 is 7.72. The minimum atomic E-state index is 0.187. The Kier molecular flexibility index (Phi) is 6.03. The number of nitrogens with zero attached hydrogens (tertiary/aromatic N) is 3. The van der Waals surface area contributed by atoms with Crippen LogP contribution in [-0.2, 0) is 4.79 Å². The van der Waals surface area contributed by atoms with Crippen LogP contribution in [-0.4, -0.2) is 39.2 Å². The zero-order valence-electron chi connectivity index (χ0n) is 15.6. The summed E-state index contributed by atoms with van der Waals surface area (Å²) in [5.41, 5.74) is 3.00. The van der Waals surface area contributed by atoms with Gasteiger partial charge in [-0.25, -0.2) is 4.98 Å². The number of carbonyl (C=O) groups is 1. The number of aromatic nitrogens is 2. The standard InChI is InChI=1S/C22H22ClN3OS/c23-18-10-7-11-19(14-18)26-20(17-8-3-1-4-9-17)15-24-22(26)28-16-21(27)25-12-5-2-6-13-25/h1,3-4,7-11,14-15H,2,5-6,12-13,16H2. The van der Waals surface area contributed by atoms with E-state index in [1.54, 1.807) is 0 Å². The van der Waals surface area contributed by atoms with E-state index in [0.29, 0.717) is 10.8 Å². The van der Waals surface area contributed by atoms with Crippen molar-refractivity contribution in [3.05, 3.63) is 65.8 Å². The van der Waals surface area contributed by atoms with Crippen molar-refractivity contribution in [3.63, 3.8) is 0 Å². The zero-order valence-corrected chi connectivity index (χ0v) is 17.1. The summed E-state index contributed by atoms with van der Waals surface area (Å²) in [6.07, 6.45) is 5.29. The van der Waals surface area contributed by atoms with Crippen molar-refractivity contribution in [2.75, 3.05) is 18.8 Å². The normalized spacial score (nSPS) is 14.2. The highest BCUT2D eigenvalue weighted by Crippen LogP contribution is 2.31. The summed E-state index contributed by atoms with van der Waals surface area (Å²) in [6.45, 7) is 1.74. The molecule has 144 valence electrons. The molecule has 4 rings (SSSR count). The predicted octanol–water partition coefficient (Wildman–Crippen LogP) is 5.30. The van der Waals surface area contributed by atoms with Crippen LogP contribution >= 0.6 is 23.4 Å². The molecule has 1 aliphatic rings. The number of hydrogen-bond donors (Lipinski definition) is 0. The van der Waals surface area contributed by atoms with Crippen molar-refractivity contribution >= 4 is 29.3 Å². The lowest BCUT2D eigenvalue weighted by Gasteiger charge is -2.26. The van der Waals surface area contributed by atoms with Gasteiger partial charge in [-0.3, -0.25) is 9.36 Å². The molecule has 28 heavy (non-hydrogen) atoms. The molecule has 0 aliphatic carbocycles. The largest absolute Gasteiger partial charge is 0.342 e. The fourth-order valence-corrected chi connectivity index (χ4v) is 4.55. The lowest BCUT2D eigenvalue weighted by Crippen LogP contribution is -2.36. The second-order valence-corrected chi connectivity index (χ2v) is 8.22. The van der Waals surface area contributed by atoms with Crippen LogP contribution in [0.3, 0.4) is 0 Å². The van der Waals surface area contributed by atoms with Gasteiger partial charge in [0.15, 0.2) is 5.16 Å². The smallest absolute Gasteiger partial charge is 0.233 e. The highest BCUT2D eigenvalue weighted by Gasteiger charge is 2.19. The summed E-state index contributed by atoms with van der Waals surface area (Å²) in [6, 6.07) is 17.9. The first kappa shape index (κ1) is 19.1. The van der Waals surface area contributed by atoms with Crippen molar-refractivity contribution in [2.24, 2.45) is 0 Å². The van der Waals surface area contributed by atoms with E-state index in [0.717, 1.165) is 48.0 Å². The minimum Gasteiger partial charge on any atom is -0.342 e. The van der Waals surface area contributed by atoms with E-state index in [1.807, 2.05) is 53.6 Å². The van der Waals surface area contributed by atoms with Crippen LogP contribution in [0.2, 0.25) is 5.02 Å². The Morgan fingerprint density at radius 2 is 1.82 bits per heavy atom. The number of rotatable bonds is 5. The highest BCUT2D eigenvalue weighted by molar-refractivity contribution is 7.99. The van der Waals surface area contributed by atoms with Gasteiger partial charge in [0.2, 0.25) is 5.91 Å². The van der Waals surface area contributed by atoms with Gasteiger partial charge in [0.05, 0.1) is 17.6 Å². The van der Waals surface area contributed by atoms with Gasteiger partial charge >= 0.3 is 0 Å². The van der Waals surface area contributed by atoms with Crippen LogP contribution in [0.4, 0.5) is 0 Å². The first-order valence-corrected chi connectivity index (χ1v) is 10.9. The second kappa shape index (κ2) is 8.84. The number of hydrogen-bond acceptors (Lipinski definition) is 3. The Morgan fingerprint density at radius 1 is 1.04 bits per heavy atom. The number of thioether (sulfide) groups is 1. The third-order valence-corrected chi connectivity index (χ3v) is 6.07. The molecule has 0 bridgehead atoms. The predicted molar refractivity (Wildman–Crippen MR) is 115 cm³/mol. The van der Waals surface area contributed by atoms with Gasteiger partial charge in [0, 0.05) is 29.4 Å². The maximum Gasteiger partial charge on any atom is 0.233 e. The third-order valence-electron chi connectivity index (χ3n) is 4.90. The lowest BCUT2D eigenvalue weighted by atomic mass is 10.1. The molecule has 0 spiro atoms. The van der Waals surface area contributed by atoms with E-state index >= 15 is 0 Å². The molecule has 3 aromatic rings. The van der Waals surface area contributed by atoms with Crippen LogP contribution in [0, 0.1) is 0 Å². The Labute approximate surface area is 174 Å². The monoisotopic (exact) mass is 411 g/mol. The van der Waals surface area contributed by atoms with Crippen LogP contribution in [0.5, 0.6) is 0 Å². The summed E-state index contributed by atoms with van der Waals surface area (Å²) in [5, 5.41) is 1.47. The Hall–Kier alpha value is -2.24. The fourth-order valence-electron chi connectivity index (χ4n) is 3.47. The maximum absolute atomic E-state index is 12.6. The van der Waals surface area contributed by atoms with Gasteiger partial charge in [-0.05, 0) is 37.5 Å². The summed E-state index contributed by atoms with van der Waals surface area (Å²) in [5.74, 6) is 0.581. The molecule has 1 aromatic heterocycles. The molecule has 6 heteroatoms. The number of benzene rings is 2.